The molecule has 144 valence electrons. The molecule has 4 rings (SSSR count). The minimum absolute atomic E-state index is 0.000868. The number of nitrogens with zero attached hydrogens (tertiary/aromatic N) is 2. The Morgan fingerprint density at radius 2 is 1.96 bits per heavy atom. The van der Waals surface area contributed by atoms with Crippen molar-refractivity contribution in [3.8, 4) is 17.0 Å². The van der Waals surface area contributed by atoms with Crippen LogP contribution in [0.3, 0.4) is 0 Å². The van der Waals surface area contributed by atoms with E-state index in [4.69, 9.17) is 4.74 Å². The first-order valence-electron chi connectivity index (χ1n) is 9.28. The van der Waals surface area contributed by atoms with Crippen LogP contribution in [-0.2, 0) is 0 Å². The summed E-state index contributed by atoms with van der Waals surface area (Å²) in [7, 11) is 1.65. The Balaban J connectivity index is 1.86. The Morgan fingerprint density at radius 3 is 2.61 bits per heavy atom. The number of carbonyl (C=O) groups excluding carboxylic acids is 1. The van der Waals surface area contributed by atoms with Crippen LogP contribution in [-0.4, -0.2) is 34.7 Å². The van der Waals surface area contributed by atoms with E-state index >= 15 is 0 Å². The number of aromatic amines is 1. The maximum atomic E-state index is 13.2. The van der Waals surface area contributed by atoms with Gasteiger partial charge < -0.3 is 9.64 Å². The minimum atomic E-state index is -0.168. The number of rotatable bonds is 5. The number of fused-ring (bicyclic) bond motifs is 1. The SMILES string of the molecule is COc1ccc(-c2n[nH]c3c2C(c2cccc(Br)c2)N(CC(C)C)C3=O)cc1. The lowest BCUT2D eigenvalue weighted by molar-refractivity contribution is 0.0722. The Bertz CT molecular complexity index is 1010. The third kappa shape index (κ3) is 3.22. The van der Waals surface area contributed by atoms with E-state index < -0.39 is 0 Å². The Kier molecular flexibility index (Phi) is 4.98. The molecule has 1 aromatic heterocycles. The van der Waals surface area contributed by atoms with Crippen LogP contribution in [0.25, 0.3) is 11.3 Å². The van der Waals surface area contributed by atoms with Gasteiger partial charge in [0.05, 0.1) is 18.8 Å². The van der Waals surface area contributed by atoms with Gasteiger partial charge in [0.25, 0.3) is 5.91 Å². The second-order valence-corrected chi connectivity index (χ2v) is 8.31. The normalized spacial score (nSPS) is 16.0. The van der Waals surface area contributed by atoms with Crippen molar-refractivity contribution >= 4 is 21.8 Å². The molecule has 0 saturated carbocycles. The van der Waals surface area contributed by atoms with Gasteiger partial charge >= 0.3 is 0 Å². The summed E-state index contributed by atoms with van der Waals surface area (Å²) in [6.45, 7) is 4.93. The van der Waals surface area contributed by atoms with E-state index in [0.29, 0.717) is 18.2 Å². The van der Waals surface area contributed by atoms with Gasteiger partial charge in [0.2, 0.25) is 0 Å². The molecule has 1 amide bonds. The quantitative estimate of drug-likeness (QED) is 0.604. The molecule has 0 fully saturated rings. The van der Waals surface area contributed by atoms with Gasteiger partial charge in [0.1, 0.15) is 11.4 Å². The summed E-state index contributed by atoms with van der Waals surface area (Å²) in [6.07, 6.45) is 0. The molecule has 1 N–H and O–H groups in total. The Hall–Kier alpha value is -2.60. The molecule has 0 spiro atoms. The molecule has 5 nitrogen and oxygen atoms in total. The number of hydrogen-bond acceptors (Lipinski definition) is 3. The van der Waals surface area contributed by atoms with Gasteiger partial charge in [-0.25, -0.2) is 0 Å². The lowest BCUT2D eigenvalue weighted by Crippen LogP contribution is -2.32. The number of hydrogen-bond donors (Lipinski definition) is 1. The van der Waals surface area contributed by atoms with E-state index in [1.807, 2.05) is 41.3 Å². The molecular weight excluding hydrogens is 418 g/mol. The van der Waals surface area contributed by atoms with Crippen molar-refractivity contribution in [2.75, 3.05) is 13.7 Å². The molecule has 2 aromatic carbocycles. The zero-order valence-corrected chi connectivity index (χ0v) is 17.7. The van der Waals surface area contributed by atoms with E-state index in [2.05, 4.69) is 52.1 Å². The van der Waals surface area contributed by atoms with Crippen LogP contribution in [0.1, 0.15) is 41.5 Å². The average molecular weight is 440 g/mol. The molecule has 3 aromatic rings. The molecule has 1 unspecified atom stereocenters. The first-order chi connectivity index (χ1) is 13.5. The molecule has 6 heteroatoms. The number of aromatic nitrogens is 2. The first kappa shape index (κ1) is 18.7. The van der Waals surface area contributed by atoms with Crippen molar-refractivity contribution in [2.45, 2.75) is 19.9 Å². The van der Waals surface area contributed by atoms with Crippen LogP contribution in [0.4, 0.5) is 0 Å². The number of H-pyrrole nitrogens is 1. The van der Waals surface area contributed by atoms with E-state index in [-0.39, 0.29) is 11.9 Å². The van der Waals surface area contributed by atoms with Crippen molar-refractivity contribution in [1.29, 1.82) is 0 Å². The number of amides is 1. The fourth-order valence-electron chi connectivity index (χ4n) is 3.77. The largest absolute Gasteiger partial charge is 0.497 e. The third-order valence-corrected chi connectivity index (χ3v) is 5.45. The van der Waals surface area contributed by atoms with Crippen LogP contribution in [0.15, 0.2) is 53.0 Å². The Labute approximate surface area is 172 Å². The number of benzene rings is 2. The monoisotopic (exact) mass is 439 g/mol. The van der Waals surface area contributed by atoms with Gasteiger partial charge in [-0.1, -0.05) is 41.9 Å². The maximum absolute atomic E-state index is 13.2. The molecule has 2 heterocycles. The van der Waals surface area contributed by atoms with Crippen molar-refractivity contribution in [1.82, 2.24) is 15.1 Å². The minimum Gasteiger partial charge on any atom is -0.497 e. The predicted octanol–water partition coefficient (Wildman–Crippen LogP) is 5.05. The Morgan fingerprint density at radius 1 is 1.21 bits per heavy atom. The second-order valence-electron chi connectivity index (χ2n) is 7.40. The standard InChI is InChI=1S/C22H22BrN3O2/c1-13(2)12-26-21(15-5-4-6-16(23)11-15)18-19(24-25-20(18)22(26)27)14-7-9-17(28-3)10-8-14/h4-11,13,21H,12H2,1-3H3,(H,24,25). The second kappa shape index (κ2) is 7.43. The lowest BCUT2D eigenvalue weighted by atomic mass is 9.96. The zero-order chi connectivity index (χ0) is 19.8. The maximum Gasteiger partial charge on any atom is 0.273 e. The smallest absolute Gasteiger partial charge is 0.273 e. The van der Waals surface area contributed by atoms with Crippen LogP contribution >= 0.6 is 15.9 Å². The zero-order valence-electron chi connectivity index (χ0n) is 16.1. The van der Waals surface area contributed by atoms with Gasteiger partial charge in [-0.3, -0.25) is 9.89 Å². The topological polar surface area (TPSA) is 58.2 Å². The molecule has 28 heavy (non-hydrogen) atoms. The van der Waals surface area contributed by atoms with Gasteiger partial charge in [-0.2, -0.15) is 5.10 Å². The number of nitrogens with one attached hydrogen (secondary N) is 1. The number of methoxy groups -OCH3 is 1. The highest BCUT2D eigenvalue weighted by Crippen LogP contribution is 2.43. The molecule has 1 aliphatic rings. The summed E-state index contributed by atoms with van der Waals surface area (Å²) in [5, 5.41) is 7.50. The summed E-state index contributed by atoms with van der Waals surface area (Å²) >= 11 is 3.56. The summed E-state index contributed by atoms with van der Waals surface area (Å²) in [5.41, 5.74) is 4.35. The summed E-state index contributed by atoms with van der Waals surface area (Å²) in [4.78, 5) is 15.1. The van der Waals surface area contributed by atoms with Gasteiger partial charge in [-0.05, 0) is 47.9 Å². The van der Waals surface area contributed by atoms with Gasteiger partial charge in [0.15, 0.2) is 0 Å². The van der Waals surface area contributed by atoms with Crippen molar-refractivity contribution in [2.24, 2.45) is 5.92 Å². The summed E-state index contributed by atoms with van der Waals surface area (Å²) < 4.78 is 6.26. The number of carbonyl (C=O) groups is 1. The molecule has 0 radical (unpaired) electrons. The van der Waals surface area contributed by atoms with E-state index in [0.717, 1.165) is 32.6 Å². The van der Waals surface area contributed by atoms with Crippen molar-refractivity contribution in [3.05, 3.63) is 69.8 Å². The highest BCUT2D eigenvalue weighted by Gasteiger charge is 2.42. The summed E-state index contributed by atoms with van der Waals surface area (Å²) in [6, 6.07) is 15.7. The highest BCUT2D eigenvalue weighted by atomic mass is 79.9. The molecule has 0 saturated heterocycles. The fraction of sp³-hybridized carbons (Fsp3) is 0.273. The average Bonchev–Trinajstić information content (AvgIpc) is 3.21. The molecule has 0 bridgehead atoms. The highest BCUT2D eigenvalue weighted by molar-refractivity contribution is 9.10. The molecular formula is C22H22BrN3O2. The number of ether oxygens (including phenoxy) is 1. The van der Waals surface area contributed by atoms with Crippen LogP contribution in [0, 0.1) is 5.92 Å². The van der Waals surface area contributed by atoms with E-state index in [1.54, 1.807) is 7.11 Å². The van der Waals surface area contributed by atoms with Crippen LogP contribution in [0.5, 0.6) is 5.75 Å². The van der Waals surface area contributed by atoms with Crippen molar-refractivity contribution < 1.29 is 9.53 Å². The van der Waals surface area contributed by atoms with Crippen LogP contribution in [0.2, 0.25) is 0 Å². The molecule has 1 atom stereocenters. The van der Waals surface area contributed by atoms with Gasteiger partial charge in [0, 0.05) is 22.1 Å². The van der Waals surface area contributed by atoms with E-state index in [9.17, 15) is 4.79 Å². The third-order valence-electron chi connectivity index (χ3n) is 4.95. The lowest BCUT2D eigenvalue weighted by Gasteiger charge is -2.28. The number of halogens is 1. The fourth-order valence-corrected chi connectivity index (χ4v) is 4.19. The molecule has 1 aliphatic heterocycles. The summed E-state index contributed by atoms with van der Waals surface area (Å²) in [5.74, 6) is 1.15. The van der Waals surface area contributed by atoms with E-state index in [1.165, 1.54) is 0 Å². The first-order valence-corrected chi connectivity index (χ1v) is 10.1. The predicted molar refractivity (Wildman–Crippen MR) is 112 cm³/mol. The van der Waals surface area contributed by atoms with Crippen LogP contribution < -0.4 is 4.74 Å². The molecule has 0 aliphatic carbocycles. The van der Waals surface area contributed by atoms with Gasteiger partial charge in [-0.15, -0.1) is 0 Å². The van der Waals surface area contributed by atoms with Crippen molar-refractivity contribution in [3.63, 3.8) is 0 Å².